The first-order valence-corrected chi connectivity index (χ1v) is 7.09. The van der Waals surface area contributed by atoms with Gasteiger partial charge in [0.25, 0.3) is 0 Å². The minimum atomic E-state index is -0.0151. The predicted molar refractivity (Wildman–Crippen MR) is 77.8 cm³/mol. The van der Waals surface area contributed by atoms with Crippen molar-refractivity contribution in [1.82, 2.24) is 0 Å². The van der Waals surface area contributed by atoms with Gasteiger partial charge in [-0.2, -0.15) is 0 Å². The van der Waals surface area contributed by atoms with Gasteiger partial charge in [-0.15, -0.1) is 0 Å². The van der Waals surface area contributed by atoms with E-state index >= 15 is 0 Å². The maximum atomic E-state index is 10.9. The van der Waals surface area contributed by atoms with Crippen LogP contribution < -0.4 is 5.32 Å². The van der Waals surface area contributed by atoms with Crippen LogP contribution in [0.25, 0.3) is 0 Å². The third-order valence-electron chi connectivity index (χ3n) is 3.09. The van der Waals surface area contributed by atoms with Crippen LogP contribution in [-0.4, -0.2) is 5.91 Å². The fourth-order valence-corrected chi connectivity index (χ4v) is 2.07. The largest absolute Gasteiger partial charge is 0.326 e. The standard InChI is InChI=1S/C16H25NO/c1-3-4-5-6-7-8-9-15-10-12-16(13-11-15)17-14(2)18/h10-13H,3-9H2,1-2H3,(H,17,18). The number of nitrogens with one attached hydrogen (secondary N) is 1. The van der Waals surface area contributed by atoms with Crippen molar-refractivity contribution >= 4 is 11.6 Å². The van der Waals surface area contributed by atoms with Gasteiger partial charge in [-0.3, -0.25) is 4.79 Å². The van der Waals surface area contributed by atoms with Gasteiger partial charge >= 0.3 is 0 Å². The summed E-state index contributed by atoms with van der Waals surface area (Å²) in [6, 6.07) is 8.18. The lowest BCUT2D eigenvalue weighted by molar-refractivity contribution is -0.114. The normalized spacial score (nSPS) is 10.3. The van der Waals surface area contributed by atoms with Gasteiger partial charge in [0.1, 0.15) is 0 Å². The summed E-state index contributed by atoms with van der Waals surface area (Å²) in [6.45, 7) is 3.78. The lowest BCUT2D eigenvalue weighted by Gasteiger charge is -2.05. The number of carbonyl (C=O) groups is 1. The van der Waals surface area contributed by atoms with Gasteiger partial charge in [0.05, 0.1) is 0 Å². The van der Waals surface area contributed by atoms with Crippen molar-refractivity contribution < 1.29 is 4.79 Å². The Hall–Kier alpha value is -1.31. The first-order valence-electron chi connectivity index (χ1n) is 7.09. The third kappa shape index (κ3) is 6.43. The van der Waals surface area contributed by atoms with Crippen molar-refractivity contribution in [1.29, 1.82) is 0 Å². The van der Waals surface area contributed by atoms with E-state index in [2.05, 4.69) is 24.4 Å². The zero-order chi connectivity index (χ0) is 13.2. The first-order chi connectivity index (χ1) is 8.72. The summed E-state index contributed by atoms with van der Waals surface area (Å²) in [5.74, 6) is -0.0151. The monoisotopic (exact) mass is 247 g/mol. The van der Waals surface area contributed by atoms with Gasteiger partial charge in [-0.25, -0.2) is 0 Å². The molecule has 0 aliphatic rings. The summed E-state index contributed by atoms with van der Waals surface area (Å²) in [4.78, 5) is 10.9. The minimum Gasteiger partial charge on any atom is -0.326 e. The van der Waals surface area contributed by atoms with Gasteiger partial charge in [0, 0.05) is 12.6 Å². The molecule has 0 aliphatic carbocycles. The van der Waals surface area contributed by atoms with E-state index in [1.807, 2.05) is 12.1 Å². The zero-order valence-electron chi connectivity index (χ0n) is 11.7. The molecule has 0 atom stereocenters. The van der Waals surface area contributed by atoms with Crippen molar-refractivity contribution in [2.45, 2.75) is 58.8 Å². The van der Waals surface area contributed by atoms with Gasteiger partial charge in [0.2, 0.25) is 5.91 Å². The minimum absolute atomic E-state index is 0.0151. The number of aryl methyl sites for hydroxylation is 1. The summed E-state index contributed by atoms with van der Waals surface area (Å²) >= 11 is 0. The summed E-state index contributed by atoms with van der Waals surface area (Å²) in [6.07, 6.45) is 9.15. The van der Waals surface area contributed by atoms with E-state index in [4.69, 9.17) is 0 Å². The summed E-state index contributed by atoms with van der Waals surface area (Å²) < 4.78 is 0. The molecule has 0 bridgehead atoms. The molecular weight excluding hydrogens is 222 g/mol. The van der Waals surface area contributed by atoms with Gasteiger partial charge in [-0.05, 0) is 30.5 Å². The van der Waals surface area contributed by atoms with Crippen LogP contribution in [0.2, 0.25) is 0 Å². The van der Waals surface area contributed by atoms with Crippen LogP contribution in [0, 0.1) is 0 Å². The molecule has 1 rings (SSSR count). The van der Waals surface area contributed by atoms with E-state index in [0.717, 1.165) is 12.1 Å². The summed E-state index contributed by atoms with van der Waals surface area (Å²) in [7, 11) is 0. The Morgan fingerprint density at radius 1 is 1.00 bits per heavy atom. The van der Waals surface area contributed by atoms with E-state index in [1.54, 1.807) is 0 Å². The Bertz CT molecular complexity index is 343. The second-order valence-electron chi connectivity index (χ2n) is 4.90. The highest BCUT2D eigenvalue weighted by Crippen LogP contribution is 2.13. The van der Waals surface area contributed by atoms with Crippen molar-refractivity contribution in [3.05, 3.63) is 29.8 Å². The van der Waals surface area contributed by atoms with Crippen LogP contribution in [-0.2, 0) is 11.2 Å². The number of hydrogen-bond acceptors (Lipinski definition) is 1. The summed E-state index contributed by atoms with van der Waals surface area (Å²) in [5, 5.41) is 2.78. The number of anilines is 1. The molecule has 0 fully saturated rings. The van der Waals surface area contributed by atoms with Crippen LogP contribution in [0.5, 0.6) is 0 Å². The maximum Gasteiger partial charge on any atom is 0.221 e. The predicted octanol–water partition coefficient (Wildman–Crippen LogP) is 4.55. The smallest absolute Gasteiger partial charge is 0.221 e. The van der Waals surface area contributed by atoms with E-state index in [-0.39, 0.29) is 5.91 Å². The molecule has 0 spiro atoms. The van der Waals surface area contributed by atoms with Crippen LogP contribution in [0.3, 0.4) is 0 Å². The number of unbranched alkanes of at least 4 members (excludes halogenated alkanes) is 5. The molecule has 1 amide bonds. The average molecular weight is 247 g/mol. The highest BCUT2D eigenvalue weighted by atomic mass is 16.1. The SMILES string of the molecule is CCCCCCCCc1ccc(NC(C)=O)cc1. The van der Waals surface area contributed by atoms with Crippen LogP contribution in [0.1, 0.15) is 57.9 Å². The quantitative estimate of drug-likeness (QED) is 0.671. The van der Waals surface area contributed by atoms with Gasteiger partial charge < -0.3 is 5.32 Å². The number of rotatable bonds is 8. The number of carbonyl (C=O) groups excluding carboxylic acids is 1. The van der Waals surface area contributed by atoms with Crippen LogP contribution in [0.4, 0.5) is 5.69 Å². The molecule has 18 heavy (non-hydrogen) atoms. The first kappa shape index (κ1) is 14.7. The molecule has 1 aromatic rings. The molecule has 2 heteroatoms. The van der Waals surface area contributed by atoms with Crippen molar-refractivity contribution in [2.75, 3.05) is 5.32 Å². The Balaban J connectivity index is 2.20. The zero-order valence-corrected chi connectivity index (χ0v) is 11.7. The fraction of sp³-hybridized carbons (Fsp3) is 0.562. The van der Waals surface area contributed by atoms with E-state index in [0.29, 0.717) is 0 Å². The number of hydrogen-bond donors (Lipinski definition) is 1. The molecule has 0 aromatic heterocycles. The van der Waals surface area contributed by atoms with E-state index in [1.165, 1.54) is 51.0 Å². The second-order valence-corrected chi connectivity index (χ2v) is 4.90. The topological polar surface area (TPSA) is 29.1 Å². The molecule has 0 aliphatic heterocycles. The Morgan fingerprint density at radius 2 is 1.61 bits per heavy atom. The third-order valence-corrected chi connectivity index (χ3v) is 3.09. The Kier molecular flexibility index (Phi) is 7.16. The van der Waals surface area contributed by atoms with E-state index < -0.39 is 0 Å². The maximum absolute atomic E-state index is 10.9. The molecule has 100 valence electrons. The molecule has 2 nitrogen and oxygen atoms in total. The van der Waals surface area contributed by atoms with Crippen molar-refractivity contribution in [3.63, 3.8) is 0 Å². The number of amides is 1. The lowest BCUT2D eigenvalue weighted by Crippen LogP contribution is -2.05. The molecule has 0 saturated heterocycles. The molecule has 0 unspecified atom stereocenters. The highest BCUT2D eigenvalue weighted by molar-refractivity contribution is 5.88. The highest BCUT2D eigenvalue weighted by Gasteiger charge is 1.97. The van der Waals surface area contributed by atoms with Gasteiger partial charge in [0.15, 0.2) is 0 Å². The summed E-state index contributed by atoms with van der Waals surface area (Å²) in [5.41, 5.74) is 2.24. The molecule has 1 N–H and O–H groups in total. The number of benzene rings is 1. The van der Waals surface area contributed by atoms with E-state index in [9.17, 15) is 4.79 Å². The lowest BCUT2D eigenvalue weighted by atomic mass is 10.0. The molecule has 0 radical (unpaired) electrons. The Morgan fingerprint density at radius 3 is 2.22 bits per heavy atom. The van der Waals surface area contributed by atoms with Crippen molar-refractivity contribution in [3.8, 4) is 0 Å². The molecule has 1 aromatic carbocycles. The van der Waals surface area contributed by atoms with Crippen LogP contribution >= 0.6 is 0 Å². The average Bonchev–Trinajstić information content (AvgIpc) is 2.35. The van der Waals surface area contributed by atoms with Gasteiger partial charge in [-0.1, -0.05) is 51.2 Å². The fourth-order valence-electron chi connectivity index (χ4n) is 2.07. The molecule has 0 saturated carbocycles. The Labute approximate surface area is 111 Å². The molecule has 0 heterocycles. The second kappa shape index (κ2) is 8.73. The van der Waals surface area contributed by atoms with Crippen LogP contribution in [0.15, 0.2) is 24.3 Å². The molecular formula is C16H25NO. The van der Waals surface area contributed by atoms with Crippen molar-refractivity contribution in [2.24, 2.45) is 0 Å².